The maximum absolute atomic E-state index is 13.2. The number of amides is 2. The van der Waals surface area contributed by atoms with E-state index in [1.54, 1.807) is 55.5 Å². The topological polar surface area (TPSA) is 96.0 Å². The summed E-state index contributed by atoms with van der Waals surface area (Å²) in [7, 11) is -3.60. The van der Waals surface area contributed by atoms with E-state index in [1.165, 1.54) is 9.21 Å². The molecule has 1 atom stereocenters. The van der Waals surface area contributed by atoms with Crippen molar-refractivity contribution in [2.75, 3.05) is 33.4 Å². The predicted octanol–water partition coefficient (Wildman–Crippen LogP) is 1.59. The number of benzene rings is 2. The van der Waals surface area contributed by atoms with Crippen LogP contribution in [-0.2, 0) is 19.6 Å². The van der Waals surface area contributed by atoms with E-state index in [2.05, 4.69) is 5.32 Å². The van der Waals surface area contributed by atoms with Crippen LogP contribution in [0.2, 0.25) is 0 Å². The van der Waals surface area contributed by atoms with Crippen LogP contribution in [0.25, 0.3) is 0 Å². The quantitative estimate of drug-likeness (QED) is 0.843. The first-order chi connectivity index (χ1) is 13.4. The zero-order chi connectivity index (χ0) is 19.9. The first kappa shape index (κ1) is 18.3. The fourth-order valence-electron chi connectivity index (χ4n) is 3.35. The zero-order valence-electron chi connectivity index (χ0n) is 15.2. The SMILES string of the molecule is CCS(=O)(=O)N1CC(C(=O)N2CC(=O)Nc3ccccc32)Oc2ccccc21. The van der Waals surface area contributed by atoms with Gasteiger partial charge in [-0.15, -0.1) is 0 Å². The molecule has 0 fully saturated rings. The van der Waals surface area contributed by atoms with Gasteiger partial charge < -0.3 is 10.1 Å². The third-order valence-corrected chi connectivity index (χ3v) is 6.49. The Morgan fingerprint density at radius 2 is 1.82 bits per heavy atom. The highest BCUT2D eigenvalue weighted by Gasteiger charge is 2.39. The van der Waals surface area contributed by atoms with Gasteiger partial charge in [0.1, 0.15) is 12.3 Å². The van der Waals surface area contributed by atoms with E-state index in [0.29, 0.717) is 22.8 Å². The predicted molar refractivity (Wildman–Crippen MR) is 105 cm³/mol. The molecule has 8 nitrogen and oxygen atoms in total. The van der Waals surface area contributed by atoms with Crippen LogP contribution < -0.4 is 19.3 Å². The molecule has 0 radical (unpaired) electrons. The van der Waals surface area contributed by atoms with Gasteiger partial charge in [-0.05, 0) is 31.2 Å². The number of para-hydroxylation sites is 4. The molecule has 0 saturated carbocycles. The number of nitrogens with one attached hydrogen (secondary N) is 1. The Morgan fingerprint density at radius 3 is 2.57 bits per heavy atom. The van der Waals surface area contributed by atoms with Gasteiger partial charge in [0.15, 0.2) is 6.10 Å². The minimum atomic E-state index is -3.60. The van der Waals surface area contributed by atoms with Gasteiger partial charge in [0.05, 0.1) is 29.4 Å². The lowest BCUT2D eigenvalue weighted by Gasteiger charge is -2.37. The molecule has 1 unspecified atom stereocenters. The summed E-state index contributed by atoms with van der Waals surface area (Å²) in [4.78, 5) is 26.6. The van der Waals surface area contributed by atoms with E-state index in [0.717, 1.165) is 0 Å². The molecule has 146 valence electrons. The second-order valence-electron chi connectivity index (χ2n) is 6.50. The fraction of sp³-hybridized carbons (Fsp3) is 0.263. The minimum absolute atomic E-state index is 0.100. The second-order valence-corrected chi connectivity index (χ2v) is 8.68. The Labute approximate surface area is 162 Å². The first-order valence-corrected chi connectivity index (χ1v) is 10.5. The number of ether oxygens (including phenoxy) is 1. The van der Waals surface area contributed by atoms with E-state index < -0.39 is 22.0 Å². The molecule has 2 aliphatic heterocycles. The van der Waals surface area contributed by atoms with E-state index in [9.17, 15) is 18.0 Å². The number of fused-ring (bicyclic) bond motifs is 2. The Balaban J connectivity index is 1.71. The molecular weight excluding hydrogens is 382 g/mol. The monoisotopic (exact) mass is 401 g/mol. The van der Waals surface area contributed by atoms with Crippen molar-refractivity contribution in [3.63, 3.8) is 0 Å². The van der Waals surface area contributed by atoms with E-state index in [4.69, 9.17) is 4.74 Å². The van der Waals surface area contributed by atoms with Crippen LogP contribution in [0.15, 0.2) is 48.5 Å². The van der Waals surface area contributed by atoms with E-state index in [1.807, 2.05) is 0 Å². The van der Waals surface area contributed by atoms with Crippen LogP contribution in [0.4, 0.5) is 17.1 Å². The van der Waals surface area contributed by atoms with Gasteiger partial charge in [-0.1, -0.05) is 24.3 Å². The van der Waals surface area contributed by atoms with Gasteiger partial charge in [0.2, 0.25) is 15.9 Å². The number of nitrogens with zero attached hydrogens (tertiary/aromatic N) is 2. The van der Waals surface area contributed by atoms with Crippen molar-refractivity contribution in [1.82, 2.24) is 0 Å². The lowest BCUT2D eigenvalue weighted by atomic mass is 10.1. The van der Waals surface area contributed by atoms with Gasteiger partial charge in [0.25, 0.3) is 5.91 Å². The minimum Gasteiger partial charge on any atom is -0.476 e. The molecular formula is C19H19N3O5S. The van der Waals surface area contributed by atoms with Gasteiger partial charge in [0, 0.05) is 0 Å². The summed E-state index contributed by atoms with van der Waals surface area (Å²) in [5.41, 5.74) is 1.49. The third-order valence-electron chi connectivity index (χ3n) is 4.75. The maximum atomic E-state index is 13.2. The Hall–Kier alpha value is -3.07. The Bertz CT molecular complexity index is 1050. The number of hydrogen-bond acceptors (Lipinski definition) is 5. The van der Waals surface area contributed by atoms with Crippen molar-refractivity contribution in [3.8, 4) is 5.75 Å². The van der Waals surface area contributed by atoms with Crippen molar-refractivity contribution in [2.45, 2.75) is 13.0 Å². The number of rotatable bonds is 3. The van der Waals surface area contributed by atoms with Crippen LogP contribution in [0.1, 0.15) is 6.92 Å². The van der Waals surface area contributed by atoms with Crippen molar-refractivity contribution in [3.05, 3.63) is 48.5 Å². The molecule has 2 heterocycles. The molecule has 2 amide bonds. The van der Waals surface area contributed by atoms with Crippen molar-refractivity contribution < 1.29 is 22.7 Å². The van der Waals surface area contributed by atoms with Crippen LogP contribution in [0.3, 0.4) is 0 Å². The number of anilines is 3. The summed E-state index contributed by atoms with van der Waals surface area (Å²) >= 11 is 0. The van der Waals surface area contributed by atoms with Crippen LogP contribution >= 0.6 is 0 Å². The summed E-state index contributed by atoms with van der Waals surface area (Å²) in [6.45, 7) is 1.25. The molecule has 0 saturated heterocycles. The molecule has 0 bridgehead atoms. The number of carbonyl (C=O) groups excluding carboxylic acids is 2. The van der Waals surface area contributed by atoms with Gasteiger partial charge >= 0.3 is 0 Å². The van der Waals surface area contributed by atoms with Crippen LogP contribution in [0, 0.1) is 0 Å². The summed E-state index contributed by atoms with van der Waals surface area (Å²) < 4.78 is 32.2. The number of sulfonamides is 1. The van der Waals surface area contributed by atoms with Gasteiger partial charge in [-0.25, -0.2) is 8.42 Å². The van der Waals surface area contributed by atoms with Crippen LogP contribution in [-0.4, -0.2) is 45.2 Å². The van der Waals surface area contributed by atoms with Crippen molar-refractivity contribution in [2.24, 2.45) is 0 Å². The lowest BCUT2D eigenvalue weighted by molar-refractivity contribution is -0.127. The average Bonchev–Trinajstić information content (AvgIpc) is 2.71. The van der Waals surface area contributed by atoms with Crippen molar-refractivity contribution >= 4 is 38.9 Å². The number of hydrogen-bond donors (Lipinski definition) is 1. The highest BCUT2D eigenvalue weighted by atomic mass is 32.2. The maximum Gasteiger partial charge on any atom is 0.270 e. The highest BCUT2D eigenvalue weighted by Crippen LogP contribution is 2.36. The lowest BCUT2D eigenvalue weighted by Crippen LogP contribution is -2.54. The molecule has 4 rings (SSSR count). The number of carbonyl (C=O) groups is 2. The van der Waals surface area contributed by atoms with Gasteiger partial charge in [-0.3, -0.25) is 18.8 Å². The second kappa shape index (κ2) is 6.83. The largest absolute Gasteiger partial charge is 0.476 e. The first-order valence-electron chi connectivity index (χ1n) is 8.87. The summed E-state index contributed by atoms with van der Waals surface area (Å²) in [5, 5.41) is 2.73. The van der Waals surface area contributed by atoms with Gasteiger partial charge in [-0.2, -0.15) is 0 Å². The van der Waals surface area contributed by atoms with E-state index in [-0.39, 0.29) is 24.7 Å². The summed E-state index contributed by atoms with van der Waals surface area (Å²) in [6.07, 6.45) is -1.06. The third kappa shape index (κ3) is 3.07. The molecule has 28 heavy (non-hydrogen) atoms. The van der Waals surface area contributed by atoms with Crippen LogP contribution in [0.5, 0.6) is 5.75 Å². The fourth-order valence-corrected chi connectivity index (χ4v) is 4.48. The average molecular weight is 401 g/mol. The normalized spacial score (nSPS) is 18.6. The highest BCUT2D eigenvalue weighted by molar-refractivity contribution is 7.92. The Kier molecular flexibility index (Phi) is 4.46. The molecule has 2 aromatic carbocycles. The molecule has 0 aliphatic carbocycles. The molecule has 9 heteroatoms. The zero-order valence-corrected chi connectivity index (χ0v) is 16.0. The molecule has 2 aliphatic rings. The standard InChI is InChI=1S/C19H19N3O5S/c1-2-28(25,26)22-11-17(27-16-10-6-5-9-15(16)22)19(24)21-12-18(23)20-13-7-3-4-8-14(13)21/h3-10,17H,2,11-12H2,1H3,(H,20,23). The molecule has 0 aromatic heterocycles. The van der Waals surface area contributed by atoms with Crippen molar-refractivity contribution in [1.29, 1.82) is 0 Å². The smallest absolute Gasteiger partial charge is 0.270 e. The summed E-state index contributed by atoms with van der Waals surface area (Å²) in [6, 6.07) is 13.7. The molecule has 2 aromatic rings. The Morgan fingerprint density at radius 1 is 1.14 bits per heavy atom. The molecule has 0 spiro atoms. The van der Waals surface area contributed by atoms with E-state index >= 15 is 0 Å². The summed E-state index contributed by atoms with van der Waals surface area (Å²) in [5.74, 6) is -0.565. The molecule has 1 N–H and O–H groups in total.